The molecule has 0 bridgehead atoms. The molecule has 168 valence electrons. The molecular weight excluding hydrogens is 424 g/mol. The lowest BCUT2D eigenvalue weighted by Crippen LogP contribution is -2.16. The predicted molar refractivity (Wildman–Crippen MR) is 128 cm³/mol. The van der Waals surface area contributed by atoms with Crippen molar-refractivity contribution >= 4 is 23.4 Å². The summed E-state index contributed by atoms with van der Waals surface area (Å²) in [5, 5.41) is 12.1. The van der Waals surface area contributed by atoms with Crippen LogP contribution in [0.1, 0.15) is 30.0 Å². The van der Waals surface area contributed by atoms with Crippen LogP contribution in [0.5, 0.6) is 11.5 Å². The zero-order valence-corrected chi connectivity index (χ0v) is 19.6. The molecule has 0 fully saturated rings. The van der Waals surface area contributed by atoms with Gasteiger partial charge in [0.2, 0.25) is 5.91 Å². The fourth-order valence-corrected chi connectivity index (χ4v) is 4.09. The molecule has 0 aliphatic heterocycles. The molecule has 0 saturated heterocycles. The Kier molecular flexibility index (Phi) is 7.94. The first-order chi connectivity index (χ1) is 15.4. The third kappa shape index (κ3) is 5.91. The molecule has 1 unspecified atom stereocenters. The molecule has 32 heavy (non-hydrogen) atoms. The summed E-state index contributed by atoms with van der Waals surface area (Å²) in [6, 6.07) is 13.4. The molecule has 0 saturated carbocycles. The lowest BCUT2D eigenvalue weighted by Gasteiger charge is -2.16. The number of rotatable bonds is 10. The maximum absolute atomic E-state index is 12.5. The predicted octanol–water partition coefficient (Wildman–Crippen LogP) is 4.96. The van der Waals surface area contributed by atoms with Crippen molar-refractivity contribution in [2.75, 3.05) is 18.2 Å². The number of carbonyl (C=O) groups is 1. The van der Waals surface area contributed by atoms with Crippen molar-refractivity contribution in [3.05, 3.63) is 72.1 Å². The van der Waals surface area contributed by atoms with E-state index in [4.69, 9.17) is 9.47 Å². The molecule has 1 N–H and O–H groups in total. The Bertz CT molecular complexity index is 1080. The van der Waals surface area contributed by atoms with Gasteiger partial charge in [-0.3, -0.25) is 9.36 Å². The number of anilines is 1. The topological polar surface area (TPSA) is 78.3 Å². The number of aromatic nitrogens is 3. The molecule has 3 aromatic rings. The number of hydrogen-bond acceptors (Lipinski definition) is 6. The first-order valence-corrected chi connectivity index (χ1v) is 11.2. The van der Waals surface area contributed by atoms with Crippen LogP contribution in [0.15, 0.2) is 60.3 Å². The van der Waals surface area contributed by atoms with E-state index < -0.39 is 0 Å². The maximum Gasteiger partial charge on any atom is 0.234 e. The van der Waals surface area contributed by atoms with Crippen LogP contribution >= 0.6 is 11.8 Å². The molecular formula is C24H28N4O3S. The minimum absolute atomic E-state index is 0.159. The summed E-state index contributed by atoms with van der Waals surface area (Å²) in [6.07, 6.45) is 1.45. The molecule has 1 amide bonds. The zero-order valence-electron chi connectivity index (χ0n) is 18.8. The number of benzene rings is 2. The SMILES string of the molecule is C=CCn1c(SCC(=O)Nc2ccccc2OC)nnc1C(C)Oc1cc(C)cc(C)c1. The van der Waals surface area contributed by atoms with Crippen LogP contribution < -0.4 is 14.8 Å². The van der Waals surface area contributed by atoms with Crippen LogP contribution in [0, 0.1) is 13.8 Å². The van der Waals surface area contributed by atoms with Gasteiger partial charge in [-0.1, -0.05) is 36.0 Å². The average molecular weight is 453 g/mol. The highest BCUT2D eigenvalue weighted by Gasteiger charge is 2.20. The Morgan fingerprint density at radius 1 is 1.22 bits per heavy atom. The number of amides is 1. The van der Waals surface area contributed by atoms with Gasteiger partial charge >= 0.3 is 0 Å². The van der Waals surface area contributed by atoms with E-state index in [1.807, 2.05) is 49.6 Å². The van der Waals surface area contributed by atoms with Crippen LogP contribution in [0.4, 0.5) is 5.69 Å². The number of allylic oxidation sites excluding steroid dienone is 1. The monoisotopic (exact) mass is 452 g/mol. The van der Waals surface area contributed by atoms with Crippen molar-refractivity contribution in [3.8, 4) is 11.5 Å². The summed E-state index contributed by atoms with van der Waals surface area (Å²) >= 11 is 1.31. The minimum Gasteiger partial charge on any atom is -0.495 e. The van der Waals surface area contributed by atoms with Crippen molar-refractivity contribution < 1.29 is 14.3 Å². The number of thioether (sulfide) groups is 1. The number of aryl methyl sites for hydroxylation is 2. The van der Waals surface area contributed by atoms with Gasteiger partial charge < -0.3 is 14.8 Å². The van der Waals surface area contributed by atoms with Crippen LogP contribution in [0.25, 0.3) is 0 Å². The number of ether oxygens (including phenoxy) is 2. The average Bonchev–Trinajstić information content (AvgIpc) is 3.15. The normalized spacial score (nSPS) is 11.6. The molecule has 7 nitrogen and oxygen atoms in total. The molecule has 2 aromatic carbocycles. The number of carbonyl (C=O) groups excluding carboxylic acids is 1. The fourth-order valence-electron chi connectivity index (χ4n) is 3.33. The summed E-state index contributed by atoms with van der Waals surface area (Å²) in [6.45, 7) is 10.4. The molecule has 3 rings (SSSR count). The molecule has 1 heterocycles. The number of hydrogen-bond donors (Lipinski definition) is 1. The highest BCUT2D eigenvalue weighted by molar-refractivity contribution is 7.99. The molecule has 0 aliphatic carbocycles. The van der Waals surface area contributed by atoms with Crippen molar-refractivity contribution in [1.82, 2.24) is 14.8 Å². The van der Waals surface area contributed by atoms with Crippen LogP contribution in [-0.2, 0) is 11.3 Å². The standard InChI is InChI=1S/C24H28N4O3S/c1-6-11-28-23(18(4)31-19-13-16(2)12-17(3)14-19)26-27-24(28)32-15-22(29)25-20-9-7-8-10-21(20)30-5/h6-10,12-14,18H,1,11,15H2,2-5H3,(H,25,29). The van der Waals surface area contributed by atoms with E-state index in [-0.39, 0.29) is 17.8 Å². The van der Waals surface area contributed by atoms with Gasteiger partial charge in [0.25, 0.3) is 0 Å². The maximum atomic E-state index is 12.5. The molecule has 0 spiro atoms. The Morgan fingerprint density at radius 3 is 2.62 bits per heavy atom. The van der Waals surface area contributed by atoms with E-state index in [9.17, 15) is 4.79 Å². The van der Waals surface area contributed by atoms with Gasteiger partial charge in [0.15, 0.2) is 17.1 Å². The van der Waals surface area contributed by atoms with Crippen LogP contribution in [-0.4, -0.2) is 33.5 Å². The van der Waals surface area contributed by atoms with Gasteiger partial charge in [0, 0.05) is 6.54 Å². The smallest absolute Gasteiger partial charge is 0.234 e. The Balaban J connectivity index is 1.69. The van der Waals surface area contributed by atoms with E-state index in [1.165, 1.54) is 11.8 Å². The minimum atomic E-state index is -0.319. The summed E-state index contributed by atoms with van der Waals surface area (Å²) in [5.41, 5.74) is 2.90. The van der Waals surface area contributed by atoms with Crippen LogP contribution in [0.3, 0.4) is 0 Å². The quantitative estimate of drug-likeness (QED) is 0.346. The van der Waals surface area contributed by atoms with E-state index in [0.717, 1.165) is 16.9 Å². The number of methoxy groups -OCH3 is 1. The fraction of sp³-hybridized carbons (Fsp3) is 0.292. The second kappa shape index (κ2) is 10.9. The van der Waals surface area contributed by atoms with Crippen molar-refractivity contribution in [2.45, 2.75) is 38.6 Å². The third-order valence-electron chi connectivity index (χ3n) is 4.64. The molecule has 0 radical (unpaired) electrons. The summed E-state index contributed by atoms with van der Waals surface area (Å²) in [7, 11) is 1.57. The van der Waals surface area contributed by atoms with Crippen LogP contribution in [0.2, 0.25) is 0 Å². The van der Waals surface area contributed by atoms with E-state index in [0.29, 0.717) is 29.0 Å². The first-order valence-electron chi connectivity index (χ1n) is 10.3. The van der Waals surface area contributed by atoms with Crippen molar-refractivity contribution in [3.63, 3.8) is 0 Å². The Labute approximate surface area is 192 Å². The molecule has 0 aliphatic rings. The van der Waals surface area contributed by atoms with Gasteiger partial charge in [-0.15, -0.1) is 16.8 Å². The summed E-state index contributed by atoms with van der Waals surface area (Å²) < 4.78 is 13.3. The van der Waals surface area contributed by atoms with Gasteiger partial charge in [0.05, 0.1) is 18.6 Å². The van der Waals surface area contributed by atoms with Gasteiger partial charge in [0.1, 0.15) is 11.5 Å². The summed E-state index contributed by atoms with van der Waals surface area (Å²) in [5.74, 6) is 2.10. The second-order valence-electron chi connectivity index (χ2n) is 7.36. The van der Waals surface area contributed by atoms with E-state index in [1.54, 1.807) is 25.3 Å². The largest absolute Gasteiger partial charge is 0.495 e. The summed E-state index contributed by atoms with van der Waals surface area (Å²) in [4.78, 5) is 12.5. The lowest BCUT2D eigenvalue weighted by molar-refractivity contribution is -0.113. The number of nitrogens with zero attached hydrogens (tertiary/aromatic N) is 3. The van der Waals surface area contributed by atoms with Gasteiger partial charge in [-0.05, 0) is 56.2 Å². The van der Waals surface area contributed by atoms with Crippen molar-refractivity contribution in [1.29, 1.82) is 0 Å². The van der Waals surface area contributed by atoms with Crippen molar-refractivity contribution in [2.24, 2.45) is 0 Å². The Morgan fingerprint density at radius 2 is 1.94 bits per heavy atom. The highest BCUT2D eigenvalue weighted by atomic mass is 32.2. The number of nitrogens with one attached hydrogen (secondary N) is 1. The van der Waals surface area contributed by atoms with E-state index in [2.05, 4.69) is 28.2 Å². The van der Waals surface area contributed by atoms with Gasteiger partial charge in [-0.25, -0.2) is 0 Å². The lowest BCUT2D eigenvalue weighted by atomic mass is 10.1. The first kappa shape index (κ1) is 23.4. The number of para-hydroxylation sites is 2. The molecule has 8 heteroatoms. The molecule has 1 aromatic heterocycles. The van der Waals surface area contributed by atoms with E-state index >= 15 is 0 Å². The third-order valence-corrected chi connectivity index (χ3v) is 5.61. The Hall–Kier alpha value is -3.26. The highest BCUT2D eigenvalue weighted by Crippen LogP contribution is 2.27. The molecule has 1 atom stereocenters. The van der Waals surface area contributed by atoms with Gasteiger partial charge in [-0.2, -0.15) is 0 Å². The second-order valence-corrected chi connectivity index (χ2v) is 8.30. The zero-order chi connectivity index (χ0) is 23.1.